The molecule has 0 aliphatic heterocycles. The number of ether oxygens (including phenoxy) is 1. The van der Waals surface area contributed by atoms with E-state index in [9.17, 15) is 26.8 Å². The predicted molar refractivity (Wildman–Crippen MR) is 104 cm³/mol. The molecule has 1 heterocycles. The lowest BCUT2D eigenvalue weighted by Crippen LogP contribution is -2.16. The van der Waals surface area contributed by atoms with Crippen molar-refractivity contribution in [2.45, 2.75) is 11.5 Å². The molecule has 11 heteroatoms. The van der Waals surface area contributed by atoms with Crippen LogP contribution in [0.4, 0.5) is 14.5 Å². The highest BCUT2D eigenvalue weighted by Crippen LogP contribution is 2.23. The van der Waals surface area contributed by atoms with Crippen molar-refractivity contribution in [3.05, 3.63) is 89.2 Å². The van der Waals surface area contributed by atoms with Crippen LogP contribution in [-0.4, -0.2) is 30.4 Å². The van der Waals surface area contributed by atoms with Crippen molar-refractivity contribution in [1.29, 1.82) is 0 Å². The number of aromatic nitrogens is 1. The largest absolute Gasteiger partial charge is 0.477 e. The van der Waals surface area contributed by atoms with Crippen LogP contribution in [0.3, 0.4) is 0 Å². The molecule has 8 nitrogen and oxygen atoms in total. The standard InChI is InChI=1S/C20H14F2N2O6S/c21-15-8-13(24-31(28,29)14-6-7-17(19(25)26)23-10-14)9-16(22)18(15)20(27)30-11-12-4-2-1-3-5-12/h1-10,24H,11H2,(H,25,26). The van der Waals surface area contributed by atoms with E-state index >= 15 is 0 Å². The summed E-state index contributed by atoms with van der Waals surface area (Å²) < 4.78 is 60.2. The van der Waals surface area contributed by atoms with Crippen LogP contribution in [0.5, 0.6) is 0 Å². The third-order valence-corrected chi connectivity index (χ3v) is 5.34. The molecule has 0 bridgehead atoms. The number of hydrogen-bond acceptors (Lipinski definition) is 6. The van der Waals surface area contributed by atoms with Gasteiger partial charge in [-0.25, -0.2) is 31.8 Å². The fraction of sp³-hybridized carbons (Fsp3) is 0.0500. The van der Waals surface area contributed by atoms with Crippen molar-refractivity contribution >= 4 is 27.6 Å². The monoisotopic (exact) mass is 448 g/mol. The summed E-state index contributed by atoms with van der Waals surface area (Å²) in [6.45, 7) is -0.202. The highest BCUT2D eigenvalue weighted by Gasteiger charge is 2.23. The number of carbonyl (C=O) groups is 2. The summed E-state index contributed by atoms with van der Waals surface area (Å²) in [7, 11) is -4.32. The number of carboxylic acids is 1. The number of aromatic carboxylic acids is 1. The van der Waals surface area contributed by atoms with Crippen LogP contribution in [0.15, 0.2) is 65.7 Å². The molecule has 3 rings (SSSR count). The number of esters is 1. The van der Waals surface area contributed by atoms with Crippen molar-refractivity contribution in [2.24, 2.45) is 0 Å². The molecule has 0 amide bonds. The van der Waals surface area contributed by atoms with E-state index in [0.717, 1.165) is 18.3 Å². The summed E-state index contributed by atoms with van der Waals surface area (Å²) >= 11 is 0. The molecule has 0 atom stereocenters. The fourth-order valence-electron chi connectivity index (χ4n) is 2.50. The Morgan fingerprint density at radius 3 is 2.23 bits per heavy atom. The Hall–Kier alpha value is -3.86. The summed E-state index contributed by atoms with van der Waals surface area (Å²) in [5.41, 5.74) is -1.22. The minimum absolute atomic E-state index is 0.202. The molecular formula is C20H14F2N2O6S. The first-order valence-electron chi connectivity index (χ1n) is 8.59. The van der Waals surface area contributed by atoms with Crippen LogP contribution in [0.1, 0.15) is 26.4 Å². The summed E-state index contributed by atoms with van der Waals surface area (Å²) in [6, 6.07) is 11.7. The van der Waals surface area contributed by atoms with Gasteiger partial charge < -0.3 is 9.84 Å². The molecule has 0 saturated heterocycles. The fourth-order valence-corrected chi connectivity index (χ4v) is 3.49. The number of benzene rings is 2. The molecule has 160 valence electrons. The lowest BCUT2D eigenvalue weighted by atomic mass is 10.2. The summed E-state index contributed by atoms with van der Waals surface area (Å²) in [4.78, 5) is 25.9. The van der Waals surface area contributed by atoms with Gasteiger partial charge in [-0.15, -0.1) is 0 Å². The maximum atomic E-state index is 14.4. The van der Waals surface area contributed by atoms with Crippen LogP contribution in [0, 0.1) is 11.6 Å². The molecule has 0 radical (unpaired) electrons. The van der Waals surface area contributed by atoms with Crippen LogP contribution < -0.4 is 4.72 Å². The van der Waals surface area contributed by atoms with E-state index in [4.69, 9.17) is 9.84 Å². The Kier molecular flexibility index (Phi) is 6.25. The number of nitrogens with one attached hydrogen (secondary N) is 1. The number of nitrogens with zero attached hydrogens (tertiary/aromatic N) is 1. The van der Waals surface area contributed by atoms with Crippen molar-refractivity contribution in [3.63, 3.8) is 0 Å². The first-order chi connectivity index (χ1) is 14.7. The van der Waals surface area contributed by atoms with E-state index < -0.39 is 49.7 Å². The van der Waals surface area contributed by atoms with Gasteiger partial charge in [0.2, 0.25) is 0 Å². The van der Waals surface area contributed by atoms with Crippen molar-refractivity contribution in [1.82, 2.24) is 4.98 Å². The number of sulfonamides is 1. The summed E-state index contributed by atoms with van der Waals surface area (Å²) in [5, 5.41) is 8.80. The second-order valence-electron chi connectivity index (χ2n) is 6.17. The van der Waals surface area contributed by atoms with Gasteiger partial charge in [0, 0.05) is 6.20 Å². The van der Waals surface area contributed by atoms with E-state index in [1.807, 2.05) is 4.72 Å². The molecule has 31 heavy (non-hydrogen) atoms. The van der Waals surface area contributed by atoms with Crippen LogP contribution >= 0.6 is 0 Å². The molecule has 0 aliphatic carbocycles. The second-order valence-corrected chi connectivity index (χ2v) is 7.85. The summed E-state index contributed by atoms with van der Waals surface area (Å²) in [6.07, 6.45) is 0.786. The van der Waals surface area contributed by atoms with Crippen molar-refractivity contribution in [2.75, 3.05) is 4.72 Å². The normalized spacial score (nSPS) is 11.0. The maximum Gasteiger partial charge on any atom is 0.354 e. The van der Waals surface area contributed by atoms with Gasteiger partial charge in [-0.3, -0.25) is 4.72 Å². The molecule has 2 aromatic carbocycles. The van der Waals surface area contributed by atoms with Crippen LogP contribution in [0.25, 0.3) is 0 Å². The highest BCUT2D eigenvalue weighted by molar-refractivity contribution is 7.92. The number of hydrogen-bond donors (Lipinski definition) is 2. The lowest BCUT2D eigenvalue weighted by molar-refractivity contribution is 0.0461. The first kappa shape index (κ1) is 21.8. The zero-order valence-corrected chi connectivity index (χ0v) is 16.4. The molecular weight excluding hydrogens is 434 g/mol. The number of anilines is 1. The SMILES string of the molecule is O=C(O)c1ccc(S(=O)(=O)Nc2cc(F)c(C(=O)OCc3ccccc3)c(F)c2)cn1. The number of pyridine rings is 1. The average molecular weight is 448 g/mol. The van der Waals surface area contributed by atoms with Gasteiger partial charge in [0.15, 0.2) is 0 Å². The van der Waals surface area contributed by atoms with Crippen LogP contribution in [0.2, 0.25) is 0 Å². The number of halogens is 2. The number of carboxylic acid groups (broad SMARTS) is 1. The van der Waals surface area contributed by atoms with Crippen LogP contribution in [-0.2, 0) is 21.4 Å². The van der Waals surface area contributed by atoms with E-state index in [0.29, 0.717) is 17.7 Å². The zero-order chi connectivity index (χ0) is 22.6. The Morgan fingerprint density at radius 2 is 1.68 bits per heavy atom. The van der Waals surface area contributed by atoms with Gasteiger partial charge in [0.1, 0.15) is 34.4 Å². The predicted octanol–water partition coefficient (Wildman–Crippen LogP) is 3.22. The van der Waals surface area contributed by atoms with Gasteiger partial charge in [-0.2, -0.15) is 0 Å². The zero-order valence-electron chi connectivity index (χ0n) is 15.6. The second kappa shape index (κ2) is 8.88. The Bertz CT molecular complexity index is 1210. The lowest BCUT2D eigenvalue weighted by Gasteiger charge is -2.11. The summed E-state index contributed by atoms with van der Waals surface area (Å²) in [5.74, 6) is -5.25. The van der Waals surface area contributed by atoms with Gasteiger partial charge in [-0.05, 0) is 29.8 Å². The highest BCUT2D eigenvalue weighted by atomic mass is 32.2. The molecule has 0 unspecified atom stereocenters. The van der Waals surface area contributed by atoms with Gasteiger partial charge in [0.05, 0.1) is 5.69 Å². The van der Waals surface area contributed by atoms with Crippen molar-refractivity contribution in [3.8, 4) is 0 Å². The Balaban J connectivity index is 1.77. The van der Waals surface area contributed by atoms with Gasteiger partial charge >= 0.3 is 11.9 Å². The molecule has 0 aliphatic rings. The average Bonchev–Trinajstić information content (AvgIpc) is 2.72. The number of rotatable bonds is 7. The molecule has 3 aromatic rings. The van der Waals surface area contributed by atoms with Gasteiger partial charge in [0.25, 0.3) is 10.0 Å². The molecule has 0 fully saturated rings. The van der Waals surface area contributed by atoms with Gasteiger partial charge in [-0.1, -0.05) is 30.3 Å². The Labute approximate surface area is 175 Å². The van der Waals surface area contributed by atoms with E-state index in [-0.39, 0.29) is 12.3 Å². The third kappa shape index (κ3) is 5.20. The molecule has 0 spiro atoms. The van der Waals surface area contributed by atoms with E-state index in [1.54, 1.807) is 30.3 Å². The number of carbonyl (C=O) groups excluding carboxylic acids is 1. The van der Waals surface area contributed by atoms with E-state index in [2.05, 4.69) is 4.98 Å². The van der Waals surface area contributed by atoms with E-state index in [1.165, 1.54) is 0 Å². The topological polar surface area (TPSA) is 123 Å². The third-order valence-electron chi connectivity index (χ3n) is 3.98. The molecule has 1 aromatic heterocycles. The Morgan fingerprint density at radius 1 is 1.03 bits per heavy atom. The van der Waals surface area contributed by atoms with Crippen molar-refractivity contribution < 1.29 is 36.6 Å². The maximum absolute atomic E-state index is 14.4. The quantitative estimate of drug-likeness (QED) is 0.532. The smallest absolute Gasteiger partial charge is 0.354 e. The minimum Gasteiger partial charge on any atom is -0.477 e. The molecule has 2 N–H and O–H groups in total. The minimum atomic E-state index is -4.32. The molecule has 0 saturated carbocycles. The first-order valence-corrected chi connectivity index (χ1v) is 10.1.